The third-order valence-electron chi connectivity index (χ3n) is 2.85. The van der Waals surface area contributed by atoms with E-state index in [0.29, 0.717) is 17.3 Å². The van der Waals surface area contributed by atoms with E-state index in [9.17, 15) is 4.79 Å². The fourth-order valence-electron chi connectivity index (χ4n) is 1.79. The number of hydrogen-bond acceptors (Lipinski definition) is 3. The van der Waals surface area contributed by atoms with Crippen molar-refractivity contribution in [3.8, 4) is 0 Å². The summed E-state index contributed by atoms with van der Waals surface area (Å²) >= 11 is 3.35. The molecule has 0 aliphatic carbocycles. The van der Waals surface area contributed by atoms with E-state index in [1.807, 2.05) is 36.9 Å². The Morgan fingerprint density at radius 1 is 1.42 bits per heavy atom. The van der Waals surface area contributed by atoms with Crippen molar-refractivity contribution in [3.05, 3.63) is 46.2 Å². The molecule has 0 spiro atoms. The molecule has 0 fully saturated rings. The third-order valence-corrected chi connectivity index (χ3v) is 3.34. The van der Waals surface area contributed by atoms with Gasteiger partial charge in [0.2, 0.25) is 0 Å². The van der Waals surface area contributed by atoms with Gasteiger partial charge in [-0.05, 0) is 38.1 Å². The van der Waals surface area contributed by atoms with Crippen LogP contribution in [0.4, 0.5) is 5.69 Å². The molecular weight excluding hydrogens is 306 g/mol. The maximum atomic E-state index is 12.2. The van der Waals surface area contributed by atoms with Gasteiger partial charge in [-0.1, -0.05) is 15.9 Å². The topological polar surface area (TPSA) is 60.9 Å². The molecule has 1 heterocycles. The molecule has 0 aliphatic heterocycles. The van der Waals surface area contributed by atoms with Gasteiger partial charge in [0.05, 0.1) is 12.1 Å². The fourth-order valence-corrected chi connectivity index (χ4v) is 2.15. The largest absolute Gasteiger partial charge is 0.398 e. The highest BCUT2D eigenvalue weighted by molar-refractivity contribution is 9.10. The van der Waals surface area contributed by atoms with E-state index in [0.717, 1.165) is 10.2 Å². The predicted octanol–water partition coefficient (Wildman–Crippen LogP) is 3.23. The summed E-state index contributed by atoms with van der Waals surface area (Å²) in [7, 11) is 0. The molecule has 0 amide bonds. The lowest BCUT2D eigenvalue weighted by Gasteiger charge is -2.05. The van der Waals surface area contributed by atoms with Gasteiger partial charge in [0.25, 0.3) is 0 Å². The number of halogens is 1. The van der Waals surface area contributed by atoms with Crippen LogP contribution in [-0.4, -0.2) is 15.6 Å². The third kappa shape index (κ3) is 3.23. The summed E-state index contributed by atoms with van der Waals surface area (Å²) in [6.07, 6.45) is 2.15. The highest BCUT2D eigenvalue weighted by Crippen LogP contribution is 2.20. The molecule has 0 saturated carbocycles. The van der Waals surface area contributed by atoms with Crippen LogP contribution in [-0.2, 0) is 6.42 Å². The Hall–Kier alpha value is -1.62. The van der Waals surface area contributed by atoms with Crippen molar-refractivity contribution < 1.29 is 4.79 Å². The van der Waals surface area contributed by atoms with Crippen molar-refractivity contribution in [1.82, 2.24) is 9.78 Å². The molecule has 0 radical (unpaired) electrons. The first-order valence-electron chi connectivity index (χ1n) is 6.09. The van der Waals surface area contributed by atoms with Gasteiger partial charge < -0.3 is 5.73 Å². The van der Waals surface area contributed by atoms with Crippen LogP contribution in [0.5, 0.6) is 0 Å². The van der Waals surface area contributed by atoms with Crippen molar-refractivity contribution in [2.45, 2.75) is 26.3 Å². The molecule has 100 valence electrons. The zero-order chi connectivity index (χ0) is 14.0. The maximum Gasteiger partial charge on any atom is 0.170 e. The Morgan fingerprint density at radius 2 is 2.16 bits per heavy atom. The van der Waals surface area contributed by atoms with Gasteiger partial charge in [0.1, 0.15) is 0 Å². The molecule has 0 unspecified atom stereocenters. The molecule has 0 atom stereocenters. The normalized spacial score (nSPS) is 10.9. The van der Waals surface area contributed by atoms with Crippen LogP contribution in [0.1, 0.15) is 35.9 Å². The number of nitrogen functional groups attached to an aromatic ring is 1. The number of carbonyl (C=O) groups is 1. The lowest BCUT2D eigenvalue weighted by atomic mass is 10.1. The number of nitrogens with two attached hydrogens (primary N) is 1. The van der Waals surface area contributed by atoms with Crippen LogP contribution < -0.4 is 5.73 Å². The number of ketones is 1. The van der Waals surface area contributed by atoms with E-state index in [2.05, 4.69) is 21.0 Å². The minimum Gasteiger partial charge on any atom is -0.398 e. The molecule has 5 heteroatoms. The zero-order valence-corrected chi connectivity index (χ0v) is 12.5. The molecule has 2 N–H and O–H groups in total. The van der Waals surface area contributed by atoms with E-state index in [4.69, 9.17) is 5.73 Å². The number of hydrogen-bond donors (Lipinski definition) is 1. The Morgan fingerprint density at radius 3 is 2.79 bits per heavy atom. The molecular formula is C14H16BrN3O. The summed E-state index contributed by atoms with van der Waals surface area (Å²) < 4.78 is 2.69. The average molecular weight is 322 g/mol. The predicted molar refractivity (Wildman–Crippen MR) is 79.2 cm³/mol. The quantitative estimate of drug-likeness (QED) is 0.694. The van der Waals surface area contributed by atoms with Gasteiger partial charge in [-0.2, -0.15) is 5.10 Å². The Balaban J connectivity index is 2.18. The SMILES string of the molecule is CC(C)n1ccc(CC(=O)c2cc(Br)ccc2N)n1. The van der Waals surface area contributed by atoms with Gasteiger partial charge in [-0.15, -0.1) is 0 Å². The summed E-state index contributed by atoms with van der Waals surface area (Å²) in [6.45, 7) is 4.09. The number of Topliss-reactive ketones (excluding diaryl/α,β-unsaturated/α-hetero) is 1. The molecule has 1 aromatic heterocycles. The number of anilines is 1. The molecule has 4 nitrogen and oxygen atoms in total. The number of benzene rings is 1. The van der Waals surface area contributed by atoms with Gasteiger partial charge in [0, 0.05) is 28.0 Å². The van der Waals surface area contributed by atoms with Crippen LogP contribution in [0.3, 0.4) is 0 Å². The van der Waals surface area contributed by atoms with Crippen molar-refractivity contribution in [2.24, 2.45) is 0 Å². The monoisotopic (exact) mass is 321 g/mol. The Labute approximate surface area is 120 Å². The first kappa shape index (κ1) is 13.8. The lowest BCUT2D eigenvalue weighted by Crippen LogP contribution is -2.08. The lowest BCUT2D eigenvalue weighted by molar-refractivity contribution is 0.0992. The smallest absolute Gasteiger partial charge is 0.170 e. The van der Waals surface area contributed by atoms with E-state index in [1.54, 1.807) is 12.1 Å². The first-order chi connectivity index (χ1) is 8.97. The number of carbonyl (C=O) groups excluding carboxylic acids is 1. The van der Waals surface area contributed by atoms with Crippen LogP contribution in [0.25, 0.3) is 0 Å². The average Bonchev–Trinajstić information content (AvgIpc) is 2.80. The Kier molecular flexibility index (Phi) is 4.04. The highest BCUT2D eigenvalue weighted by Gasteiger charge is 2.13. The van der Waals surface area contributed by atoms with Gasteiger partial charge >= 0.3 is 0 Å². The minimum atomic E-state index is -0.0205. The summed E-state index contributed by atoms with van der Waals surface area (Å²) in [6, 6.07) is 7.45. The summed E-state index contributed by atoms with van der Waals surface area (Å²) in [5, 5.41) is 4.37. The first-order valence-corrected chi connectivity index (χ1v) is 6.89. The molecule has 2 aromatic rings. The number of aromatic nitrogens is 2. The van der Waals surface area contributed by atoms with Crippen molar-refractivity contribution in [2.75, 3.05) is 5.73 Å². The van der Waals surface area contributed by atoms with Gasteiger partial charge in [0.15, 0.2) is 5.78 Å². The minimum absolute atomic E-state index is 0.0205. The van der Waals surface area contributed by atoms with Gasteiger partial charge in [-0.25, -0.2) is 0 Å². The van der Waals surface area contributed by atoms with Crippen molar-refractivity contribution >= 4 is 27.4 Å². The standard InChI is InChI=1S/C14H16BrN3O/c1-9(2)18-6-5-11(17-18)8-14(19)12-7-10(15)3-4-13(12)16/h3-7,9H,8,16H2,1-2H3. The number of rotatable bonds is 4. The van der Waals surface area contributed by atoms with Crippen molar-refractivity contribution in [3.63, 3.8) is 0 Å². The van der Waals surface area contributed by atoms with Gasteiger partial charge in [-0.3, -0.25) is 9.48 Å². The fraction of sp³-hybridized carbons (Fsp3) is 0.286. The van der Waals surface area contributed by atoms with E-state index in [-0.39, 0.29) is 12.2 Å². The Bertz CT molecular complexity index is 604. The van der Waals surface area contributed by atoms with Crippen LogP contribution >= 0.6 is 15.9 Å². The highest BCUT2D eigenvalue weighted by atomic mass is 79.9. The maximum absolute atomic E-state index is 12.2. The summed E-state index contributed by atoms with van der Waals surface area (Å²) in [4.78, 5) is 12.2. The molecule has 0 saturated heterocycles. The second-order valence-electron chi connectivity index (χ2n) is 4.71. The van der Waals surface area contributed by atoms with E-state index < -0.39 is 0 Å². The summed E-state index contributed by atoms with van der Waals surface area (Å²) in [5.74, 6) is -0.0205. The van der Waals surface area contributed by atoms with E-state index in [1.165, 1.54) is 0 Å². The zero-order valence-electron chi connectivity index (χ0n) is 10.9. The number of nitrogens with zero attached hydrogens (tertiary/aromatic N) is 2. The van der Waals surface area contributed by atoms with E-state index >= 15 is 0 Å². The van der Waals surface area contributed by atoms with Crippen LogP contribution in [0, 0.1) is 0 Å². The molecule has 0 bridgehead atoms. The molecule has 19 heavy (non-hydrogen) atoms. The van der Waals surface area contributed by atoms with Crippen molar-refractivity contribution in [1.29, 1.82) is 0 Å². The molecule has 1 aromatic carbocycles. The second kappa shape index (κ2) is 5.57. The van der Waals surface area contributed by atoms with Crippen LogP contribution in [0.15, 0.2) is 34.9 Å². The molecule has 2 rings (SSSR count). The van der Waals surface area contributed by atoms with Crippen LogP contribution in [0.2, 0.25) is 0 Å². The summed E-state index contributed by atoms with van der Waals surface area (Å²) in [5.41, 5.74) is 7.62. The second-order valence-corrected chi connectivity index (χ2v) is 5.63. The molecule has 0 aliphatic rings.